The van der Waals surface area contributed by atoms with Gasteiger partial charge in [-0.25, -0.2) is 9.18 Å². The number of amides is 2. The maximum Gasteiger partial charge on any atom is 0.319 e. The lowest BCUT2D eigenvalue weighted by Crippen LogP contribution is -2.45. The van der Waals surface area contributed by atoms with Gasteiger partial charge >= 0.3 is 6.03 Å². The van der Waals surface area contributed by atoms with Gasteiger partial charge in [-0.15, -0.1) is 0 Å². The van der Waals surface area contributed by atoms with E-state index in [4.69, 9.17) is 11.6 Å². The van der Waals surface area contributed by atoms with Crippen LogP contribution in [-0.2, 0) is 0 Å². The van der Waals surface area contributed by atoms with E-state index in [0.29, 0.717) is 21.9 Å². The molecule has 0 unspecified atom stereocenters. The molecule has 0 aromatic heterocycles. The quantitative estimate of drug-likeness (QED) is 0.827. The number of halogens is 2. The summed E-state index contributed by atoms with van der Waals surface area (Å²) in [4.78, 5) is 24.7. The van der Waals surface area contributed by atoms with Gasteiger partial charge in [-0.1, -0.05) is 29.8 Å². The van der Waals surface area contributed by atoms with Crippen molar-refractivity contribution in [2.75, 3.05) is 0 Å². The standard InChI is InChI=1S/C18H14ClFN2O2/c1-10-15(17(23)11-6-8-12(19)9-7-11)16(22-18(24)21-10)13-4-2-3-5-14(13)20/h2-9,16H,1H3,(H2,21,22,24)/t16-/m1/s1. The van der Waals surface area contributed by atoms with Gasteiger partial charge in [0.15, 0.2) is 5.78 Å². The molecule has 0 saturated carbocycles. The Labute approximate surface area is 143 Å². The zero-order valence-corrected chi connectivity index (χ0v) is 13.5. The van der Waals surface area contributed by atoms with Crippen molar-refractivity contribution in [1.82, 2.24) is 10.6 Å². The normalized spacial score (nSPS) is 17.3. The smallest absolute Gasteiger partial charge is 0.319 e. The van der Waals surface area contributed by atoms with Gasteiger partial charge in [-0.05, 0) is 37.3 Å². The van der Waals surface area contributed by atoms with E-state index >= 15 is 0 Å². The predicted molar refractivity (Wildman–Crippen MR) is 89.3 cm³/mol. The van der Waals surface area contributed by atoms with E-state index in [0.717, 1.165) is 0 Å². The molecule has 0 radical (unpaired) electrons. The second-order valence-corrected chi connectivity index (χ2v) is 5.86. The van der Waals surface area contributed by atoms with Crippen LogP contribution in [0.2, 0.25) is 5.02 Å². The highest BCUT2D eigenvalue weighted by Gasteiger charge is 2.32. The van der Waals surface area contributed by atoms with Crippen LogP contribution in [0.3, 0.4) is 0 Å². The molecule has 4 nitrogen and oxygen atoms in total. The number of carbonyl (C=O) groups excluding carboxylic acids is 2. The van der Waals surface area contributed by atoms with E-state index in [9.17, 15) is 14.0 Å². The van der Waals surface area contributed by atoms with Gasteiger partial charge in [-0.2, -0.15) is 0 Å². The molecule has 1 aliphatic heterocycles. The Morgan fingerprint density at radius 3 is 2.46 bits per heavy atom. The fraction of sp³-hybridized carbons (Fsp3) is 0.111. The van der Waals surface area contributed by atoms with Gasteiger partial charge in [0.25, 0.3) is 0 Å². The molecule has 1 heterocycles. The molecule has 1 aliphatic rings. The minimum atomic E-state index is -0.858. The molecule has 0 aliphatic carbocycles. The van der Waals surface area contributed by atoms with Crippen molar-refractivity contribution < 1.29 is 14.0 Å². The first-order valence-electron chi connectivity index (χ1n) is 7.30. The van der Waals surface area contributed by atoms with Gasteiger partial charge in [0.05, 0.1) is 6.04 Å². The molecule has 0 bridgehead atoms. The maximum atomic E-state index is 14.2. The summed E-state index contributed by atoms with van der Waals surface area (Å²) >= 11 is 5.85. The number of allylic oxidation sites excluding steroid dienone is 1. The van der Waals surface area contributed by atoms with Crippen molar-refractivity contribution in [3.05, 3.63) is 81.8 Å². The molecule has 2 amide bonds. The summed E-state index contributed by atoms with van der Waals surface area (Å²) < 4.78 is 14.2. The number of Topliss-reactive ketones (excluding diaryl/α,β-unsaturated/α-hetero) is 1. The van der Waals surface area contributed by atoms with Crippen molar-refractivity contribution >= 4 is 23.4 Å². The van der Waals surface area contributed by atoms with Crippen LogP contribution in [0.25, 0.3) is 0 Å². The van der Waals surface area contributed by atoms with Crippen LogP contribution in [0.4, 0.5) is 9.18 Å². The second kappa shape index (κ2) is 6.45. The molecule has 2 aromatic rings. The Balaban J connectivity index is 2.09. The summed E-state index contributed by atoms with van der Waals surface area (Å²) in [6.07, 6.45) is 0. The van der Waals surface area contributed by atoms with Crippen molar-refractivity contribution in [3.8, 4) is 0 Å². The molecule has 24 heavy (non-hydrogen) atoms. The highest BCUT2D eigenvalue weighted by Crippen LogP contribution is 2.31. The van der Waals surface area contributed by atoms with Crippen LogP contribution in [0.5, 0.6) is 0 Å². The molecule has 0 fully saturated rings. The summed E-state index contributed by atoms with van der Waals surface area (Å²) in [7, 11) is 0. The third-order valence-electron chi connectivity index (χ3n) is 3.84. The number of benzene rings is 2. The Hall–Kier alpha value is -2.66. The summed E-state index contributed by atoms with van der Waals surface area (Å²) in [6, 6.07) is 11.1. The zero-order chi connectivity index (χ0) is 17.3. The van der Waals surface area contributed by atoms with E-state index < -0.39 is 17.9 Å². The molecule has 2 aromatic carbocycles. The number of urea groups is 1. The fourth-order valence-electron chi connectivity index (χ4n) is 2.69. The largest absolute Gasteiger partial charge is 0.327 e. The minimum absolute atomic E-state index is 0.240. The zero-order valence-electron chi connectivity index (χ0n) is 12.8. The van der Waals surface area contributed by atoms with E-state index in [2.05, 4.69) is 10.6 Å². The first-order chi connectivity index (χ1) is 11.5. The second-order valence-electron chi connectivity index (χ2n) is 5.43. The van der Waals surface area contributed by atoms with Crippen LogP contribution in [-0.4, -0.2) is 11.8 Å². The van der Waals surface area contributed by atoms with Gasteiger partial charge in [-0.3, -0.25) is 4.79 Å². The maximum absolute atomic E-state index is 14.2. The van der Waals surface area contributed by atoms with E-state index in [1.54, 1.807) is 49.4 Å². The summed E-state index contributed by atoms with van der Waals surface area (Å²) in [5, 5.41) is 5.70. The topological polar surface area (TPSA) is 58.2 Å². The number of hydrogen-bond donors (Lipinski definition) is 2. The molecule has 1 atom stereocenters. The van der Waals surface area contributed by atoms with Gasteiger partial charge in [0.2, 0.25) is 0 Å². The number of rotatable bonds is 3. The van der Waals surface area contributed by atoms with Crippen molar-refractivity contribution in [2.24, 2.45) is 0 Å². The molecule has 0 spiro atoms. The molecular weight excluding hydrogens is 331 g/mol. The monoisotopic (exact) mass is 344 g/mol. The lowest BCUT2D eigenvalue weighted by Gasteiger charge is -2.28. The Morgan fingerprint density at radius 2 is 1.79 bits per heavy atom. The van der Waals surface area contributed by atoms with E-state index in [-0.39, 0.29) is 11.3 Å². The SMILES string of the molecule is CC1=C(C(=O)c2ccc(Cl)cc2)[C@@H](c2ccccc2F)NC(=O)N1. The lowest BCUT2D eigenvalue weighted by molar-refractivity contribution is 0.102. The minimum Gasteiger partial charge on any atom is -0.327 e. The number of carbonyl (C=O) groups is 2. The molecular formula is C18H14ClFN2O2. The molecule has 2 N–H and O–H groups in total. The summed E-state index contributed by atoms with van der Waals surface area (Å²) in [5.74, 6) is -0.788. The van der Waals surface area contributed by atoms with Crippen LogP contribution in [0.1, 0.15) is 28.9 Å². The third kappa shape index (κ3) is 3.03. The number of ketones is 1. The van der Waals surface area contributed by atoms with Crippen molar-refractivity contribution in [2.45, 2.75) is 13.0 Å². The summed E-state index contributed by atoms with van der Waals surface area (Å²) in [6.45, 7) is 1.62. The third-order valence-corrected chi connectivity index (χ3v) is 4.09. The van der Waals surface area contributed by atoms with Crippen LogP contribution in [0.15, 0.2) is 59.8 Å². The van der Waals surface area contributed by atoms with Gasteiger partial charge in [0, 0.05) is 27.4 Å². The Morgan fingerprint density at radius 1 is 1.12 bits per heavy atom. The highest BCUT2D eigenvalue weighted by molar-refractivity contribution is 6.30. The lowest BCUT2D eigenvalue weighted by atomic mass is 9.89. The Kier molecular flexibility index (Phi) is 4.36. The summed E-state index contributed by atoms with van der Waals surface area (Å²) in [5.41, 5.74) is 1.34. The molecule has 6 heteroatoms. The van der Waals surface area contributed by atoms with Gasteiger partial charge < -0.3 is 10.6 Å². The highest BCUT2D eigenvalue weighted by atomic mass is 35.5. The van der Waals surface area contributed by atoms with Crippen LogP contribution < -0.4 is 10.6 Å². The first kappa shape index (κ1) is 16.2. The van der Waals surface area contributed by atoms with Crippen LogP contribution >= 0.6 is 11.6 Å². The Bertz CT molecular complexity index is 846. The van der Waals surface area contributed by atoms with E-state index in [1.165, 1.54) is 6.07 Å². The number of nitrogens with one attached hydrogen (secondary N) is 2. The number of hydrogen-bond acceptors (Lipinski definition) is 2. The van der Waals surface area contributed by atoms with Crippen LogP contribution in [0, 0.1) is 5.82 Å². The van der Waals surface area contributed by atoms with Crippen molar-refractivity contribution in [1.29, 1.82) is 0 Å². The van der Waals surface area contributed by atoms with E-state index in [1.807, 2.05) is 0 Å². The molecule has 122 valence electrons. The fourth-order valence-corrected chi connectivity index (χ4v) is 2.82. The average molecular weight is 345 g/mol. The first-order valence-corrected chi connectivity index (χ1v) is 7.68. The predicted octanol–water partition coefficient (Wildman–Crippen LogP) is 3.99. The van der Waals surface area contributed by atoms with Crippen molar-refractivity contribution in [3.63, 3.8) is 0 Å². The van der Waals surface area contributed by atoms with Gasteiger partial charge in [0.1, 0.15) is 5.82 Å². The molecule has 3 rings (SSSR count). The average Bonchev–Trinajstić information content (AvgIpc) is 2.55. The molecule has 0 saturated heterocycles.